The monoisotopic (exact) mass is 309 g/mol. The molecule has 2 fully saturated rings. The van der Waals surface area contributed by atoms with E-state index < -0.39 is 0 Å². The molecule has 0 bridgehead atoms. The number of benzene rings is 1. The van der Waals surface area contributed by atoms with Crippen molar-refractivity contribution in [2.75, 3.05) is 31.1 Å². The summed E-state index contributed by atoms with van der Waals surface area (Å²) in [6, 6.07) is 5.50. The Morgan fingerprint density at radius 2 is 1.95 bits per heavy atom. The quantitative estimate of drug-likeness (QED) is 0.635. The van der Waals surface area contributed by atoms with Gasteiger partial charge in [-0.2, -0.15) is 0 Å². The van der Waals surface area contributed by atoms with Crippen LogP contribution >= 0.6 is 11.6 Å². The van der Waals surface area contributed by atoms with Gasteiger partial charge in [-0.15, -0.1) is 0 Å². The topological polar surface area (TPSA) is 49.6 Å². The smallest absolute Gasteiger partial charge is 0.294 e. The summed E-state index contributed by atoms with van der Waals surface area (Å²) in [5, 5.41) is 11.7. The molecule has 0 N–H and O–H groups in total. The van der Waals surface area contributed by atoms with Crippen LogP contribution in [0, 0.1) is 10.1 Å². The summed E-state index contributed by atoms with van der Waals surface area (Å²) in [5.41, 5.74) is 0.817. The average Bonchev–Trinajstić information content (AvgIpc) is 3.01. The Labute approximate surface area is 129 Å². The van der Waals surface area contributed by atoms with Crippen LogP contribution in [0.15, 0.2) is 18.2 Å². The molecule has 5 nitrogen and oxygen atoms in total. The van der Waals surface area contributed by atoms with Crippen LogP contribution in [0.3, 0.4) is 0 Å². The highest BCUT2D eigenvalue weighted by molar-refractivity contribution is 6.30. The van der Waals surface area contributed by atoms with Gasteiger partial charge in [-0.1, -0.05) is 11.6 Å². The Balaban J connectivity index is 1.81. The molecule has 0 saturated carbocycles. The number of anilines is 1. The zero-order valence-electron chi connectivity index (χ0n) is 12.0. The number of nitrogens with zero attached hydrogens (tertiary/aromatic N) is 3. The zero-order chi connectivity index (χ0) is 14.8. The minimum atomic E-state index is -0.333. The molecular weight excluding hydrogens is 290 g/mol. The number of nitro groups is 1. The lowest BCUT2D eigenvalue weighted by molar-refractivity contribution is -0.384. The van der Waals surface area contributed by atoms with E-state index in [9.17, 15) is 10.1 Å². The Morgan fingerprint density at radius 1 is 1.19 bits per heavy atom. The van der Waals surface area contributed by atoms with Crippen molar-refractivity contribution in [2.45, 2.75) is 31.7 Å². The molecular formula is C15H20ClN3O2. The second-order valence-corrected chi connectivity index (χ2v) is 6.31. The minimum Gasteiger partial charge on any atom is -0.364 e. The highest BCUT2D eigenvalue weighted by Crippen LogP contribution is 2.33. The van der Waals surface area contributed by atoms with Gasteiger partial charge < -0.3 is 4.90 Å². The molecule has 6 heteroatoms. The van der Waals surface area contributed by atoms with Crippen LogP contribution in [-0.2, 0) is 0 Å². The van der Waals surface area contributed by atoms with E-state index in [0.29, 0.717) is 16.8 Å². The fraction of sp³-hybridized carbons (Fsp3) is 0.600. The van der Waals surface area contributed by atoms with Crippen molar-refractivity contribution in [3.8, 4) is 0 Å². The van der Waals surface area contributed by atoms with Gasteiger partial charge in [-0.05, 0) is 50.9 Å². The lowest BCUT2D eigenvalue weighted by atomic mass is 10.0. The molecule has 2 heterocycles. The average molecular weight is 310 g/mol. The maximum atomic E-state index is 11.3. The van der Waals surface area contributed by atoms with Gasteiger partial charge in [-0.25, -0.2) is 0 Å². The summed E-state index contributed by atoms with van der Waals surface area (Å²) in [4.78, 5) is 15.6. The van der Waals surface area contributed by atoms with E-state index in [4.69, 9.17) is 11.6 Å². The Hall–Kier alpha value is -1.33. The zero-order valence-corrected chi connectivity index (χ0v) is 12.8. The predicted molar refractivity (Wildman–Crippen MR) is 84.1 cm³/mol. The molecule has 0 spiro atoms. The molecule has 0 radical (unpaired) electrons. The third kappa shape index (κ3) is 3.14. The molecule has 0 aromatic heterocycles. The first-order valence-electron chi connectivity index (χ1n) is 7.58. The van der Waals surface area contributed by atoms with Crippen molar-refractivity contribution in [2.24, 2.45) is 0 Å². The number of piperidine rings is 1. The van der Waals surface area contributed by atoms with Crippen molar-refractivity contribution < 1.29 is 4.92 Å². The molecule has 2 aliphatic heterocycles. The maximum absolute atomic E-state index is 11.3. The van der Waals surface area contributed by atoms with Crippen LogP contribution in [-0.4, -0.2) is 42.0 Å². The summed E-state index contributed by atoms with van der Waals surface area (Å²) >= 11 is 5.90. The minimum absolute atomic E-state index is 0.115. The number of rotatable bonds is 3. The van der Waals surface area contributed by atoms with E-state index in [-0.39, 0.29) is 10.6 Å². The number of likely N-dealkylation sites (tertiary alicyclic amines) is 1. The molecule has 1 aromatic carbocycles. The van der Waals surface area contributed by atoms with E-state index in [1.165, 1.54) is 38.4 Å². The van der Waals surface area contributed by atoms with Crippen LogP contribution in [0.5, 0.6) is 0 Å². The molecule has 1 atom stereocenters. The molecule has 2 aliphatic rings. The largest absolute Gasteiger partial charge is 0.364 e. The summed E-state index contributed by atoms with van der Waals surface area (Å²) in [7, 11) is 0. The predicted octanol–water partition coefficient (Wildman–Crippen LogP) is 3.31. The SMILES string of the molecule is O=[N+]([O-])c1cc(Cl)ccc1N1CCC[C@H](N2CCCC2)C1. The fourth-order valence-electron chi connectivity index (χ4n) is 3.49. The lowest BCUT2D eigenvalue weighted by Gasteiger charge is -2.38. The summed E-state index contributed by atoms with van der Waals surface area (Å²) in [5.74, 6) is 0. The molecule has 114 valence electrons. The first kappa shape index (κ1) is 14.6. The molecule has 2 saturated heterocycles. The Morgan fingerprint density at radius 3 is 2.67 bits per heavy atom. The normalized spacial score (nSPS) is 23.5. The van der Waals surface area contributed by atoms with Gasteiger partial charge >= 0.3 is 0 Å². The summed E-state index contributed by atoms with van der Waals surface area (Å²) in [6.07, 6.45) is 4.83. The molecule has 21 heavy (non-hydrogen) atoms. The molecule has 0 unspecified atom stereocenters. The third-order valence-electron chi connectivity index (χ3n) is 4.53. The van der Waals surface area contributed by atoms with E-state index >= 15 is 0 Å². The molecule has 3 rings (SSSR count). The van der Waals surface area contributed by atoms with Gasteiger partial charge in [0, 0.05) is 30.2 Å². The van der Waals surface area contributed by atoms with Crippen LogP contribution in [0.25, 0.3) is 0 Å². The third-order valence-corrected chi connectivity index (χ3v) is 4.76. The first-order chi connectivity index (χ1) is 10.1. The first-order valence-corrected chi connectivity index (χ1v) is 7.96. The van der Waals surface area contributed by atoms with Crippen molar-refractivity contribution >= 4 is 23.0 Å². The van der Waals surface area contributed by atoms with Crippen LogP contribution in [0.2, 0.25) is 5.02 Å². The lowest BCUT2D eigenvalue weighted by Crippen LogP contribution is -2.47. The number of hydrogen-bond acceptors (Lipinski definition) is 4. The second-order valence-electron chi connectivity index (χ2n) is 5.88. The van der Waals surface area contributed by atoms with Gasteiger partial charge in [0.15, 0.2) is 0 Å². The second kappa shape index (κ2) is 6.20. The van der Waals surface area contributed by atoms with E-state index in [1.54, 1.807) is 12.1 Å². The summed E-state index contributed by atoms with van der Waals surface area (Å²) in [6.45, 7) is 4.09. The van der Waals surface area contributed by atoms with Crippen LogP contribution in [0.4, 0.5) is 11.4 Å². The fourth-order valence-corrected chi connectivity index (χ4v) is 3.65. The number of nitro benzene ring substituents is 1. The Kier molecular flexibility index (Phi) is 4.31. The van der Waals surface area contributed by atoms with Gasteiger partial charge in [0.2, 0.25) is 0 Å². The van der Waals surface area contributed by atoms with Crippen molar-refractivity contribution in [3.63, 3.8) is 0 Å². The van der Waals surface area contributed by atoms with Crippen LogP contribution < -0.4 is 4.90 Å². The van der Waals surface area contributed by atoms with Crippen molar-refractivity contribution in [1.82, 2.24) is 4.90 Å². The number of hydrogen-bond donors (Lipinski definition) is 0. The van der Waals surface area contributed by atoms with Crippen LogP contribution in [0.1, 0.15) is 25.7 Å². The number of halogens is 1. The Bertz CT molecular complexity index is 532. The molecule has 1 aromatic rings. The standard InChI is InChI=1S/C15H20ClN3O2/c16-12-5-6-14(15(10-12)19(20)21)18-9-3-4-13(11-18)17-7-1-2-8-17/h5-6,10,13H,1-4,7-9,11H2/t13-/m0/s1. The van der Waals surface area contributed by atoms with Crippen molar-refractivity contribution in [1.29, 1.82) is 0 Å². The highest BCUT2D eigenvalue weighted by Gasteiger charge is 2.29. The van der Waals surface area contributed by atoms with Gasteiger partial charge in [0.1, 0.15) is 5.69 Å². The van der Waals surface area contributed by atoms with E-state index in [0.717, 1.165) is 19.5 Å². The van der Waals surface area contributed by atoms with Crippen molar-refractivity contribution in [3.05, 3.63) is 33.3 Å². The maximum Gasteiger partial charge on any atom is 0.294 e. The van der Waals surface area contributed by atoms with Gasteiger partial charge in [0.25, 0.3) is 5.69 Å². The molecule has 0 amide bonds. The molecule has 0 aliphatic carbocycles. The van der Waals surface area contributed by atoms with E-state index in [1.807, 2.05) is 0 Å². The highest BCUT2D eigenvalue weighted by atomic mass is 35.5. The van der Waals surface area contributed by atoms with E-state index in [2.05, 4.69) is 9.80 Å². The summed E-state index contributed by atoms with van der Waals surface area (Å²) < 4.78 is 0. The van der Waals surface area contributed by atoms with Gasteiger partial charge in [-0.3, -0.25) is 15.0 Å². The van der Waals surface area contributed by atoms with Gasteiger partial charge in [0.05, 0.1) is 4.92 Å².